The average molecular weight is 408 g/mol. The molecule has 3 aromatic rings. The number of nitrogens with zero attached hydrogens (tertiary/aromatic N) is 3. The first-order valence-electron chi connectivity index (χ1n) is 9.25. The van der Waals surface area contributed by atoms with E-state index in [9.17, 15) is 13.2 Å². The second-order valence-corrected chi connectivity index (χ2v) is 9.13. The molecule has 0 aliphatic carbocycles. The first-order valence-corrected chi connectivity index (χ1v) is 11.1. The summed E-state index contributed by atoms with van der Waals surface area (Å²) in [6.07, 6.45) is 8.82. The van der Waals surface area contributed by atoms with Gasteiger partial charge in [-0.1, -0.05) is 18.2 Å². The highest BCUT2D eigenvalue weighted by Crippen LogP contribution is 2.24. The quantitative estimate of drug-likeness (QED) is 0.654. The number of aromatic nitrogens is 3. The summed E-state index contributed by atoms with van der Waals surface area (Å²) in [5.41, 5.74) is 3.20. The molecule has 1 unspecified atom stereocenters. The number of nitrogens with one attached hydrogen (secondary N) is 1. The minimum atomic E-state index is -3.04. The molecule has 8 heteroatoms. The van der Waals surface area contributed by atoms with Crippen LogP contribution in [0.1, 0.15) is 12.0 Å². The number of pyridine rings is 1. The number of amides is 1. The number of carbonyl (C=O) groups excluding carboxylic acids is 1. The molecule has 148 valence electrons. The SMILES string of the molecule is O=C(C=Cc1cn(-c2ccccc2)nc1-c1cccnc1)NC1CCS(=O)(=O)C1. The monoisotopic (exact) mass is 408 g/mol. The lowest BCUT2D eigenvalue weighted by Crippen LogP contribution is -2.34. The molecule has 0 bridgehead atoms. The summed E-state index contributed by atoms with van der Waals surface area (Å²) in [5.74, 6) is -0.201. The summed E-state index contributed by atoms with van der Waals surface area (Å²) in [7, 11) is -3.04. The summed E-state index contributed by atoms with van der Waals surface area (Å²) in [6, 6.07) is 13.1. The van der Waals surface area contributed by atoms with Crippen molar-refractivity contribution in [3.8, 4) is 16.9 Å². The van der Waals surface area contributed by atoms with E-state index in [0.717, 1.165) is 16.8 Å². The van der Waals surface area contributed by atoms with Crippen molar-refractivity contribution in [2.75, 3.05) is 11.5 Å². The van der Waals surface area contributed by atoms with Crippen molar-refractivity contribution >= 4 is 21.8 Å². The van der Waals surface area contributed by atoms with E-state index in [1.54, 1.807) is 23.2 Å². The van der Waals surface area contributed by atoms with E-state index >= 15 is 0 Å². The number of hydrogen-bond acceptors (Lipinski definition) is 5. The molecule has 1 amide bonds. The number of sulfone groups is 1. The van der Waals surface area contributed by atoms with Gasteiger partial charge in [-0.15, -0.1) is 0 Å². The molecule has 2 aromatic heterocycles. The largest absolute Gasteiger partial charge is 0.349 e. The highest BCUT2D eigenvalue weighted by molar-refractivity contribution is 7.91. The molecular formula is C21H20N4O3S. The highest BCUT2D eigenvalue weighted by atomic mass is 32.2. The lowest BCUT2D eigenvalue weighted by molar-refractivity contribution is -0.116. The topological polar surface area (TPSA) is 93.9 Å². The maximum atomic E-state index is 12.3. The molecule has 0 saturated carbocycles. The Kier molecular flexibility index (Phi) is 5.26. The van der Waals surface area contributed by atoms with E-state index in [1.807, 2.05) is 48.7 Å². The van der Waals surface area contributed by atoms with Gasteiger partial charge >= 0.3 is 0 Å². The molecular weight excluding hydrogens is 388 g/mol. The minimum Gasteiger partial charge on any atom is -0.349 e. The van der Waals surface area contributed by atoms with Crippen molar-refractivity contribution in [3.05, 3.63) is 72.7 Å². The third kappa shape index (κ3) is 4.60. The van der Waals surface area contributed by atoms with E-state index in [0.29, 0.717) is 12.1 Å². The Morgan fingerprint density at radius 3 is 2.69 bits per heavy atom. The third-order valence-corrected chi connectivity index (χ3v) is 6.46. The van der Waals surface area contributed by atoms with Crippen molar-refractivity contribution in [1.82, 2.24) is 20.1 Å². The average Bonchev–Trinajstić information content (AvgIpc) is 3.30. The van der Waals surface area contributed by atoms with Gasteiger partial charge in [0, 0.05) is 41.8 Å². The number of hydrogen-bond donors (Lipinski definition) is 1. The van der Waals surface area contributed by atoms with Crippen LogP contribution < -0.4 is 5.32 Å². The molecule has 1 atom stereocenters. The minimum absolute atomic E-state index is 0.000541. The summed E-state index contributed by atoms with van der Waals surface area (Å²) < 4.78 is 24.9. The summed E-state index contributed by atoms with van der Waals surface area (Å²) in [6.45, 7) is 0. The van der Waals surface area contributed by atoms with Crippen molar-refractivity contribution in [1.29, 1.82) is 0 Å². The predicted octanol–water partition coefficient (Wildman–Crippen LogP) is 2.25. The molecule has 0 radical (unpaired) electrons. The molecule has 1 fully saturated rings. The molecule has 7 nitrogen and oxygen atoms in total. The Morgan fingerprint density at radius 1 is 1.17 bits per heavy atom. The molecule has 3 heterocycles. The lowest BCUT2D eigenvalue weighted by Gasteiger charge is -2.07. The number of rotatable bonds is 5. The van der Waals surface area contributed by atoms with Crippen LogP contribution in [0, 0.1) is 0 Å². The summed E-state index contributed by atoms with van der Waals surface area (Å²) >= 11 is 0. The van der Waals surface area contributed by atoms with E-state index in [4.69, 9.17) is 0 Å². The zero-order valence-electron chi connectivity index (χ0n) is 15.6. The molecule has 29 heavy (non-hydrogen) atoms. The van der Waals surface area contributed by atoms with Crippen LogP contribution in [-0.4, -0.2) is 46.6 Å². The van der Waals surface area contributed by atoms with Gasteiger partial charge in [0.25, 0.3) is 0 Å². The zero-order chi connectivity index (χ0) is 20.3. The van der Waals surface area contributed by atoms with Gasteiger partial charge in [0.2, 0.25) is 5.91 Å². The van der Waals surface area contributed by atoms with Crippen LogP contribution in [-0.2, 0) is 14.6 Å². The normalized spacial score (nSPS) is 18.1. The Labute approximate surface area is 169 Å². The highest BCUT2D eigenvalue weighted by Gasteiger charge is 2.28. The fraction of sp³-hybridized carbons (Fsp3) is 0.190. The Bertz CT molecular complexity index is 1140. The fourth-order valence-electron chi connectivity index (χ4n) is 3.27. The van der Waals surface area contributed by atoms with Crippen LogP contribution in [0.15, 0.2) is 67.1 Å². The van der Waals surface area contributed by atoms with Gasteiger partial charge in [-0.25, -0.2) is 13.1 Å². The van der Waals surface area contributed by atoms with Gasteiger partial charge < -0.3 is 5.32 Å². The predicted molar refractivity (Wildman–Crippen MR) is 111 cm³/mol. The summed E-state index contributed by atoms with van der Waals surface area (Å²) in [4.78, 5) is 16.4. The van der Waals surface area contributed by atoms with Gasteiger partial charge in [-0.05, 0) is 36.8 Å². The third-order valence-electron chi connectivity index (χ3n) is 4.69. The van der Waals surface area contributed by atoms with E-state index in [-0.39, 0.29) is 23.5 Å². The van der Waals surface area contributed by atoms with Crippen molar-refractivity contribution < 1.29 is 13.2 Å². The van der Waals surface area contributed by atoms with Crippen LogP contribution in [0.5, 0.6) is 0 Å². The zero-order valence-corrected chi connectivity index (χ0v) is 16.4. The molecule has 1 aliphatic rings. The maximum Gasteiger partial charge on any atom is 0.244 e. The Hall–Kier alpha value is -3.26. The fourth-order valence-corrected chi connectivity index (χ4v) is 4.95. The van der Waals surface area contributed by atoms with Gasteiger partial charge in [-0.2, -0.15) is 5.10 Å². The Morgan fingerprint density at radius 2 is 2.00 bits per heavy atom. The van der Waals surface area contributed by atoms with Gasteiger partial charge in [0.15, 0.2) is 9.84 Å². The van der Waals surface area contributed by atoms with Crippen molar-refractivity contribution in [2.24, 2.45) is 0 Å². The van der Waals surface area contributed by atoms with E-state index < -0.39 is 9.84 Å². The molecule has 1 N–H and O–H groups in total. The van der Waals surface area contributed by atoms with Gasteiger partial charge in [0.05, 0.1) is 17.2 Å². The first kappa shape index (κ1) is 19.1. The smallest absolute Gasteiger partial charge is 0.244 e. The van der Waals surface area contributed by atoms with Crippen molar-refractivity contribution in [3.63, 3.8) is 0 Å². The van der Waals surface area contributed by atoms with Gasteiger partial charge in [0.1, 0.15) is 5.69 Å². The van der Waals surface area contributed by atoms with Crippen LogP contribution in [0.4, 0.5) is 0 Å². The second-order valence-electron chi connectivity index (χ2n) is 6.90. The van der Waals surface area contributed by atoms with Crippen LogP contribution in [0.25, 0.3) is 23.0 Å². The molecule has 4 rings (SSSR count). The number of carbonyl (C=O) groups is 1. The standard InChI is InChI=1S/C21H20N4O3S/c26-20(23-18-10-12-29(27,28)15-18)9-8-17-14-25(19-6-2-1-3-7-19)24-21(17)16-5-4-11-22-13-16/h1-9,11,13-14,18H,10,12,15H2,(H,23,26). The maximum absolute atomic E-state index is 12.3. The Balaban J connectivity index is 1.59. The molecule has 1 aliphatic heterocycles. The molecule has 0 spiro atoms. The second kappa shape index (κ2) is 8.00. The summed E-state index contributed by atoms with van der Waals surface area (Å²) in [5, 5.41) is 7.42. The first-order chi connectivity index (χ1) is 14.0. The molecule has 1 aromatic carbocycles. The molecule has 1 saturated heterocycles. The lowest BCUT2D eigenvalue weighted by atomic mass is 10.1. The van der Waals surface area contributed by atoms with Gasteiger partial charge in [-0.3, -0.25) is 9.78 Å². The van der Waals surface area contributed by atoms with E-state index in [1.165, 1.54) is 6.08 Å². The van der Waals surface area contributed by atoms with Crippen LogP contribution >= 0.6 is 0 Å². The van der Waals surface area contributed by atoms with Crippen LogP contribution in [0.2, 0.25) is 0 Å². The number of para-hydroxylation sites is 1. The van der Waals surface area contributed by atoms with Crippen molar-refractivity contribution in [2.45, 2.75) is 12.5 Å². The number of benzene rings is 1. The van der Waals surface area contributed by atoms with E-state index in [2.05, 4.69) is 15.4 Å². The van der Waals surface area contributed by atoms with Crippen LogP contribution in [0.3, 0.4) is 0 Å².